The zero-order chi connectivity index (χ0) is 53.6. The minimum absolute atomic E-state index is 0.0612. The van der Waals surface area contributed by atoms with E-state index in [0.717, 1.165) is 40.7 Å². The van der Waals surface area contributed by atoms with Crippen LogP contribution >= 0.6 is 7.82 Å². The molecule has 15 heteroatoms. The number of phosphoric acid groups is 1. The van der Waals surface area contributed by atoms with Gasteiger partial charge in [0.2, 0.25) is 6.29 Å². The summed E-state index contributed by atoms with van der Waals surface area (Å²) in [6.45, 7) is 12.4. The van der Waals surface area contributed by atoms with Crippen LogP contribution in [0.5, 0.6) is 0 Å². The number of ether oxygens (including phenoxy) is 9. The topological polar surface area (TPSA) is 145 Å². The Balaban J connectivity index is 1.35. The average molecular weight is 1070 g/mol. The molecule has 0 bridgehead atoms. The summed E-state index contributed by atoms with van der Waals surface area (Å²) in [5.41, 5.74) is 3.62. The van der Waals surface area contributed by atoms with Crippen LogP contribution in [0.4, 0.5) is 0 Å². The van der Waals surface area contributed by atoms with Gasteiger partial charge in [0.05, 0.1) is 64.4 Å². The highest BCUT2D eigenvalue weighted by Crippen LogP contribution is 2.53. The van der Waals surface area contributed by atoms with E-state index in [9.17, 15) is 9.36 Å². The number of rotatable bonds is 30. The molecule has 7 rings (SSSR count). The van der Waals surface area contributed by atoms with Crippen molar-refractivity contribution in [3.63, 3.8) is 0 Å². The minimum atomic E-state index is -4.37. The van der Waals surface area contributed by atoms with Gasteiger partial charge in [0.15, 0.2) is 12.4 Å². The van der Waals surface area contributed by atoms with Crippen molar-refractivity contribution in [1.29, 1.82) is 0 Å². The molecule has 5 aromatic carbocycles. The first-order valence-corrected chi connectivity index (χ1v) is 28.4. The number of benzene rings is 5. The molecule has 10 atom stereocenters. The van der Waals surface area contributed by atoms with Crippen LogP contribution < -0.4 is 0 Å². The van der Waals surface area contributed by atoms with E-state index >= 15 is 0 Å². The summed E-state index contributed by atoms with van der Waals surface area (Å²) in [4.78, 5) is 14.4. The van der Waals surface area contributed by atoms with E-state index in [1.165, 1.54) is 0 Å². The molecule has 0 radical (unpaired) electrons. The van der Waals surface area contributed by atoms with E-state index in [-0.39, 0.29) is 46.2 Å². The summed E-state index contributed by atoms with van der Waals surface area (Å²) >= 11 is 0. The first-order chi connectivity index (χ1) is 37.0. The normalized spacial score (nSPS) is 24.0. The molecule has 5 aromatic rings. The van der Waals surface area contributed by atoms with Gasteiger partial charge in [-0.15, -0.1) is 0 Å². The van der Waals surface area contributed by atoms with Crippen molar-refractivity contribution in [2.45, 2.75) is 168 Å². The van der Waals surface area contributed by atoms with Crippen LogP contribution in [-0.2, 0) is 98.6 Å². The van der Waals surface area contributed by atoms with E-state index in [1.807, 2.05) is 172 Å². The molecule has 412 valence electrons. The fraction of sp³-hybridized carbons (Fsp3) is 0.492. The molecule has 0 saturated carbocycles. The minimum Gasteiger partial charge on any atom is -0.454 e. The molecule has 0 amide bonds. The average Bonchev–Trinajstić information content (AvgIpc) is 3.48. The zero-order valence-electron chi connectivity index (χ0n) is 45.1. The second-order valence-corrected chi connectivity index (χ2v) is 21.8. The first-order valence-electron chi connectivity index (χ1n) is 27.0. The Morgan fingerprint density at radius 3 is 1.30 bits per heavy atom. The van der Waals surface area contributed by atoms with Crippen molar-refractivity contribution < 1.29 is 65.6 Å². The Kier molecular flexibility index (Phi) is 23.7. The quantitative estimate of drug-likeness (QED) is 0.0244. The molecular weight excluding hydrogens is 988 g/mol. The standard InChI is InChI=1S/C61H79O14P/c1-7-10-37-69-76(63,70-38-11-8-2)75-59-57(74-60(62)61(4,5)6)55(52(50(9-3)71-59)65-40-46-29-19-13-20-30-46)73-58-56(68-43-49-35-25-16-26-36-49)54(67-42-48-33-23-15-24-34-48)53(66-41-47-31-21-14-22-32-47)51(72-58)44-64-39-45-27-17-12-18-28-45/h12-36,50-59H,7-11,37-44H2,1-6H3/t50?,51?,52-,53-,54-,55-,56?,57?,58-,59-/m0/s1. The summed E-state index contributed by atoms with van der Waals surface area (Å²) in [5.74, 6) is -0.597. The van der Waals surface area contributed by atoms with Crippen molar-refractivity contribution in [2.75, 3.05) is 19.8 Å². The van der Waals surface area contributed by atoms with Gasteiger partial charge in [0.25, 0.3) is 0 Å². The van der Waals surface area contributed by atoms with Crippen LogP contribution in [0, 0.1) is 5.41 Å². The molecule has 2 aliphatic rings. The molecular formula is C61H79O14P. The summed E-state index contributed by atoms with van der Waals surface area (Å²) in [5, 5.41) is 0. The van der Waals surface area contributed by atoms with Crippen molar-refractivity contribution in [2.24, 2.45) is 5.41 Å². The molecule has 14 nitrogen and oxygen atoms in total. The highest BCUT2D eigenvalue weighted by molar-refractivity contribution is 7.48. The summed E-state index contributed by atoms with van der Waals surface area (Å²) in [7, 11) is -4.37. The predicted octanol–water partition coefficient (Wildman–Crippen LogP) is 12.5. The Morgan fingerprint density at radius 1 is 0.487 bits per heavy atom. The lowest BCUT2D eigenvalue weighted by Gasteiger charge is -2.50. The Hall–Kier alpha value is -4.64. The maximum atomic E-state index is 14.8. The van der Waals surface area contributed by atoms with Crippen LogP contribution in [0.2, 0.25) is 0 Å². The molecule has 2 aliphatic heterocycles. The Labute approximate surface area is 450 Å². The molecule has 0 N–H and O–H groups in total. The number of phosphoric ester groups is 1. The number of carbonyl (C=O) groups excluding carboxylic acids is 1. The third-order valence-corrected chi connectivity index (χ3v) is 14.5. The van der Waals surface area contributed by atoms with Gasteiger partial charge < -0.3 is 42.6 Å². The lowest BCUT2D eigenvalue weighted by Crippen LogP contribution is -2.66. The van der Waals surface area contributed by atoms with Gasteiger partial charge in [0, 0.05) is 0 Å². The molecule has 2 heterocycles. The van der Waals surface area contributed by atoms with Crippen LogP contribution in [0.15, 0.2) is 152 Å². The molecule has 2 saturated heterocycles. The number of esters is 1. The summed E-state index contributed by atoms with van der Waals surface area (Å²) < 4.78 is 95.7. The fourth-order valence-electron chi connectivity index (χ4n) is 8.72. The third kappa shape index (κ3) is 18.0. The predicted molar refractivity (Wildman–Crippen MR) is 288 cm³/mol. The van der Waals surface area contributed by atoms with Crippen LogP contribution in [0.3, 0.4) is 0 Å². The van der Waals surface area contributed by atoms with Crippen molar-refractivity contribution in [3.05, 3.63) is 179 Å². The smallest absolute Gasteiger partial charge is 0.454 e. The molecule has 0 spiro atoms. The van der Waals surface area contributed by atoms with Gasteiger partial charge in [-0.3, -0.25) is 18.4 Å². The van der Waals surface area contributed by atoms with Gasteiger partial charge >= 0.3 is 13.8 Å². The van der Waals surface area contributed by atoms with E-state index in [0.29, 0.717) is 25.9 Å². The lowest BCUT2D eigenvalue weighted by atomic mass is 9.93. The van der Waals surface area contributed by atoms with Gasteiger partial charge in [-0.25, -0.2) is 4.57 Å². The maximum absolute atomic E-state index is 14.8. The summed E-state index contributed by atoms with van der Waals surface area (Å²) in [6, 6.07) is 49.2. The molecule has 0 aliphatic carbocycles. The van der Waals surface area contributed by atoms with Crippen molar-refractivity contribution in [3.8, 4) is 0 Å². The van der Waals surface area contributed by atoms with Gasteiger partial charge in [-0.05, 0) is 67.9 Å². The molecule has 2 fully saturated rings. The van der Waals surface area contributed by atoms with Crippen LogP contribution in [-0.4, -0.2) is 87.2 Å². The number of carbonyl (C=O) groups is 1. The van der Waals surface area contributed by atoms with Gasteiger partial charge in [-0.2, -0.15) is 0 Å². The van der Waals surface area contributed by atoms with Crippen LogP contribution in [0.1, 0.15) is 101 Å². The second-order valence-electron chi connectivity index (χ2n) is 20.2. The SMILES string of the molecule is CCCCOP(=O)(OCCCC)O[C@@H]1OC(CC)[C@H](OCc2ccccc2)[C@H](O[C@@H]2OC(COCc3ccccc3)[C@H](OCc3ccccc3)[C@H](OCc3ccccc3)C2OCc2ccccc2)C1OC(=O)C(C)(C)C. The van der Waals surface area contributed by atoms with E-state index < -0.39 is 80.6 Å². The molecule has 4 unspecified atom stereocenters. The fourth-order valence-corrected chi connectivity index (χ4v) is 10.0. The van der Waals surface area contributed by atoms with Gasteiger partial charge in [0.1, 0.15) is 36.6 Å². The van der Waals surface area contributed by atoms with E-state index in [1.54, 1.807) is 20.8 Å². The first kappa shape index (κ1) is 59.0. The lowest BCUT2D eigenvalue weighted by molar-refractivity contribution is -0.369. The monoisotopic (exact) mass is 1070 g/mol. The number of hydrogen-bond donors (Lipinski definition) is 0. The molecule has 0 aromatic heterocycles. The number of unbranched alkanes of at least 4 members (excludes halogenated alkanes) is 2. The van der Waals surface area contributed by atoms with E-state index in [4.69, 9.17) is 56.2 Å². The second kappa shape index (κ2) is 30.5. The number of hydrogen-bond acceptors (Lipinski definition) is 14. The van der Waals surface area contributed by atoms with Crippen molar-refractivity contribution in [1.82, 2.24) is 0 Å². The highest BCUT2D eigenvalue weighted by Gasteiger charge is 2.57. The van der Waals surface area contributed by atoms with Gasteiger partial charge in [-0.1, -0.05) is 185 Å². The molecule has 76 heavy (non-hydrogen) atoms. The zero-order valence-corrected chi connectivity index (χ0v) is 46.0. The van der Waals surface area contributed by atoms with Crippen LogP contribution in [0.25, 0.3) is 0 Å². The Bertz CT molecular complexity index is 2420. The van der Waals surface area contributed by atoms with Crippen molar-refractivity contribution >= 4 is 13.8 Å². The Morgan fingerprint density at radius 2 is 0.882 bits per heavy atom. The largest absolute Gasteiger partial charge is 0.477 e. The highest BCUT2D eigenvalue weighted by atomic mass is 31.2. The third-order valence-electron chi connectivity index (χ3n) is 13.0. The van der Waals surface area contributed by atoms with E-state index in [2.05, 4.69) is 0 Å². The summed E-state index contributed by atoms with van der Waals surface area (Å²) in [6.07, 6.45) is -7.52. The maximum Gasteiger partial charge on any atom is 0.477 e.